The molecule has 102 valence electrons. The third kappa shape index (κ3) is 3.52. The maximum atomic E-state index is 11.5. The summed E-state index contributed by atoms with van der Waals surface area (Å²) in [7, 11) is 0. The second-order valence-corrected chi connectivity index (χ2v) is 4.00. The van der Waals surface area contributed by atoms with Gasteiger partial charge in [0.1, 0.15) is 11.5 Å². The molecule has 0 spiro atoms. The van der Waals surface area contributed by atoms with Gasteiger partial charge in [-0.1, -0.05) is 12.1 Å². The molecule has 2 rings (SSSR count). The molecule has 20 heavy (non-hydrogen) atoms. The van der Waals surface area contributed by atoms with Crippen molar-refractivity contribution >= 4 is 12.0 Å². The van der Waals surface area contributed by atoms with Gasteiger partial charge in [-0.25, -0.2) is 4.79 Å². The van der Waals surface area contributed by atoms with Gasteiger partial charge in [0.2, 0.25) is 0 Å². The number of ether oxygens (including phenoxy) is 1. The average Bonchev–Trinajstić information content (AvgIpc) is 2.40. The van der Waals surface area contributed by atoms with E-state index in [9.17, 15) is 15.0 Å². The molecule has 2 aromatic rings. The van der Waals surface area contributed by atoms with Crippen LogP contribution in [0.3, 0.4) is 0 Å². The lowest BCUT2D eigenvalue weighted by Gasteiger charge is -2.01. The maximum Gasteiger partial charge on any atom is 0.336 e. The number of phenolic OH excluding ortho intramolecular Hbond substituents is 3. The Balaban J connectivity index is 2.03. The van der Waals surface area contributed by atoms with Crippen LogP contribution in [0, 0.1) is 0 Å². The third-order valence-corrected chi connectivity index (χ3v) is 2.45. The first-order chi connectivity index (χ1) is 9.54. The van der Waals surface area contributed by atoms with Crippen molar-refractivity contribution < 1.29 is 24.9 Å². The summed E-state index contributed by atoms with van der Waals surface area (Å²) in [6.07, 6.45) is 2.61. The fourth-order valence-electron chi connectivity index (χ4n) is 1.51. The fourth-order valence-corrected chi connectivity index (χ4v) is 1.51. The first kappa shape index (κ1) is 13.5. The SMILES string of the molecule is O=C(/C=C/c1ccc(O)c(O)c1)Oc1cccc(O)c1. The van der Waals surface area contributed by atoms with Crippen molar-refractivity contribution in [3.8, 4) is 23.0 Å². The van der Waals surface area contributed by atoms with E-state index in [1.165, 1.54) is 48.6 Å². The van der Waals surface area contributed by atoms with Crippen molar-refractivity contribution in [3.63, 3.8) is 0 Å². The number of benzene rings is 2. The summed E-state index contributed by atoms with van der Waals surface area (Å²) in [6, 6.07) is 10.0. The molecule has 0 aliphatic heterocycles. The second-order valence-electron chi connectivity index (χ2n) is 4.00. The van der Waals surface area contributed by atoms with E-state index in [0.29, 0.717) is 5.56 Å². The quantitative estimate of drug-likeness (QED) is 0.346. The largest absolute Gasteiger partial charge is 0.508 e. The minimum atomic E-state index is -0.622. The monoisotopic (exact) mass is 272 g/mol. The van der Waals surface area contributed by atoms with Gasteiger partial charge in [0.25, 0.3) is 0 Å². The minimum absolute atomic E-state index is 0.00253. The Morgan fingerprint density at radius 1 is 1.00 bits per heavy atom. The second kappa shape index (κ2) is 5.79. The van der Waals surface area contributed by atoms with Crippen LogP contribution in [-0.2, 0) is 4.79 Å². The molecule has 0 amide bonds. The normalized spacial score (nSPS) is 10.6. The van der Waals surface area contributed by atoms with Gasteiger partial charge < -0.3 is 20.1 Å². The van der Waals surface area contributed by atoms with Crippen molar-refractivity contribution in [3.05, 3.63) is 54.1 Å². The predicted molar refractivity (Wildman–Crippen MR) is 72.5 cm³/mol. The summed E-state index contributed by atoms with van der Waals surface area (Å²) in [4.78, 5) is 11.5. The Morgan fingerprint density at radius 2 is 1.80 bits per heavy atom. The predicted octanol–water partition coefficient (Wildman–Crippen LogP) is 2.42. The lowest BCUT2D eigenvalue weighted by atomic mass is 10.2. The lowest BCUT2D eigenvalue weighted by Crippen LogP contribution is -2.03. The summed E-state index contributed by atoms with van der Waals surface area (Å²) in [5.41, 5.74) is 0.535. The molecule has 0 atom stereocenters. The highest BCUT2D eigenvalue weighted by molar-refractivity contribution is 5.88. The molecule has 0 aliphatic rings. The molecular formula is C15H12O5. The third-order valence-electron chi connectivity index (χ3n) is 2.45. The Bertz CT molecular complexity index is 661. The molecule has 0 saturated heterocycles. The number of esters is 1. The van der Waals surface area contributed by atoms with E-state index in [0.717, 1.165) is 0 Å². The molecule has 5 heteroatoms. The van der Waals surface area contributed by atoms with Crippen LogP contribution in [0.2, 0.25) is 0 Å². The zero-order valence-electron chi connectivity index (χ0n) is 10.4. The van der Waals surface area contributed by atoms with Crippen molar-refractivity contribution in [2.24, 2.45) is 0 Å². The smallest absolute Gasteiger partial charge is 0.336 e. The van der Waals surface area contributed by atoms with Gasteiger partial charge in [0, 0.05) is 12.1 Å². The standard InChI is InChI=1S/C15H12O5/c16-11-2-1-3-12(9-11)20-15(19)7-5-10-4-6-13(17)14(18)8-10/h1-9,16-18H/b7-5+. The topological polar surface area (TPSA) is 87.0 Å². The Hall–Kier alpha value is -2.95. The summed E-state index contributed by atoms with van der Waals surface area (Å²) in [6.45, 7) is 0. The summed E-state index contributed by atoms with van der Waals surface area (Å²) in [5.74, 6) is -0.892. The molecule has 0 bridgehead atoms. The highest BCUT2D eigenvalue weighted by atomic mass is 16.5. The van der Waals surface area contributed by atoms with Crippen molar-refractivity contribution in [2.75, 3.05) is 0 Å². The first-order valence-corrected chi connectivity index (χ1v) is 5.75. The lowest BCUT2D eigenvalue weighted by molar-refractivity contribution is -0.128. The van der Waals surface area contributed by atoms with Crippen molar-refractivity contribution in [1.82, 2.24) is 0 Å². The van der Waals surface area contributed by atoms with E-state index in [-0.39, 0.29) is 23.0 Å². The molecule has 3 N–H and O–H groups in total. The van der Waals surface area contributed by atoms with Gasteiger partial charge in [-0.2, -0.15) is 0 Å². The average molecular weight is 272 g/mol. The van der Waals surface area contributed by atoms with Crippen LogP contribution in [0.1, 0.15) is 5.56 Å². The zero-order chi connectivity index (χ0) is 14.5. The molecule has 0 radical (unpaired) electrons. The van der Waals surface area contributed by atoms with Crippen LogP contribution in [0.15, 0.2) is 48.5 Å². The van der Waals surface area contributed by atoms with Crippen LogP contribution in [0.5, 0.6) is 23.0 Å². The number of carbonyl (C=O) groups is 1. The van der Waals surface area contributed by atoms with E-state index in [2.05, 4.69) is 0 Å². The van der Waals surface area contributed by atoms with Crippen LogP contribution in [0.25, 0.3) is 6.08 Å². The summed E-state index contributed by atoms with van der Waals surface area (Å²) in [5, 5.41) is 27.7. The number of carbonyl (C=O) groups excluding carboxylic acids is 1. The van der Waals surface area contributed by atoms with Gasteiger partial charge in [-0.15, -0.1) is 0 Å². The van der Waals surface area contributed by atoms with Gasteiger partial charge in [0.05, 0.1) is 0 Å². The molecule has 0 aliphatic carbocycles. The van der Waals surface area contributed by atoms with E-state index in [1.807, 2.05) is 0 Å². The Labute approximate surface area is 115 Å². The number of hydrogen-bond donors (Lipinski definition) is 3. The van der Waals surface area contributed by atoms with Crippen LogP contribution in [0.4, 0.5) is 0 Å². The maximum absolute atomic E-state index is 11.5. The summed E-state index contributed by atoms with van der Waals surface area (Å²) >= 11 is 0. The van der Waals surface area contributed by atoms with Gasteiger partial charge in [-0.3, -0.25) is 0 Å². The number of aromatic hydroxyl groups is 3. The van der Waals surface area contributed by atoms with E-state index >= 15 is 0 Å². The molecule has 0 saturated carbocycles. The van der Waals surface area contributed by atoms with Gasteiger partial charge >= 0.3 is 5.97 Å². The van der Waals surface area contributed by atoms with Crippen molar-refractivity contribution in [2.45, 2.75) is 0 Å². The van der Waals surface area contributed by atoms with Gasteiger partial charge in [-0.05, 0) is 35.9 Å². The zero-order valence-corrected chi connectivity index (χ0v) is 10.4. The van der Waals surface area contributed by atoms with Gasteiger partial charge in [0.15, 0.2) is 11.5 Å². The fraction of sp³-hybridized carbons (Fsp3) is 0. The first-order valence-electron chi connectivity index (χ1n) is 5.75. The highest BCUT2D eigenvalue weighted by Gasteiger charge is 2.02. The Morgan fingerprint density at radius 3 is 2.50 bits per heavy atom. The molecule has 2 aromatic carbocycles. The molecular weight excluding hydrogens is 260 g/mol. The molecule has 0 heterocycles. The molecule has 0 aromatic heterocycles. The van der Waals surface area contributed by atoms with Crippen LogP contribution < -0.4 is 4.74 Å². The van der Waals surface area contributed by atoms with Crippen LogP contribution in [-0.4, -0.2) is 21.3 Å². The highest BCUT2D eigenvalue weighted by Crippen LogP contribution is 2.25. The van der Waals surface area contributed by atoms with E-state index in [1.54, 1.807) is 6.07 Å². The summed E-state index contributed by atoms with van der Waals surface area (Å²) < 4.78 is 4.97. The van der Waals surface area contributed by atoms with E-state index < -0.39 is 5.97 Å². The number of hydrogen-bond acceptors (Lipinski definition) is 5. The number of phenols is 3. The molecule has 0 fully saturated rings. The van der Waals surface area contributed by atoms with E-state index in [4.69, 9.17) is 9.84 Å². The number of rotatable bonds is 3. The van der Waals surface area contributed by atoms with Crippen LogP contribution >= 0.6 is 0 Å². The minimum Gasteiger partial charge on any atom is -0.508 e. The van der Waals surface area contributed by atoms with Crippen molar-refractivity contribution in [1.29, 1.82) is 0 Å². The molecule has 5 nitrogen and oxygen atoms in total. The molecule has 0 unspecified atom stereocenters. The Kier molecular flexibility index (Phi) is 3.91.